The number of benzene rings is 1. The number of hydrogen-bond donors (Lipinski definition) is 2. The molecule has 120 valence electrons. The van der Waals surface area contributed by atoms with Crippen molar-refractivity contribution in [2.24, 2.45) is 0 Å². The van der Waals surface area contributed by atoms with Gasteiger partial charge in [-0.05, 0) is 38.1 Å². The lowest BCUT2D eigenvalue weighted by Gasteiger charge is -2.20. The summed E-state index contributed by atoms with van der Waals surface area (Å²) in [4.78, 5) is 11.7. The van der Waals surface area contributed by atoms with Crippen molar-refractivity contribution in [3.05, 3.63) is 29.3 Å². The Morgan fingerprint density at radius 2 is 1.91 bits per heavy atom. The summed E-state index contributed by atoms with van der Waals surface area (Å²) in [5.74, 6) is -1.04. The zero-order valence-corrected chi connectivity index (χ0v) is 13.4. The molecule has 0 amide bonds. The summed E-state index contributed by atoms with van der Waals surface area (Å²) >= 11 is 5.68. The Labute approximate surface area is 133 Å². The average molecular weight is 347 g/mol. The van der Waals surface area contributed by atoms with Gasteiger partial charge in [-0.2, -0.15) is 9.98 Å². The third-order valence-corrected chi connectivity index (χ3v) is 4.33. The van der Waals surface area contributed by atoms with E-state index >= 15 is 0 Å². The summed E-state index contributed by atoms with van der Waals surface area (Å²) < 4.78 is 31.1. The molecule has 0 aliphatic heterocycles. The van der Waals surface area contributed by atoms with E-state index in [1.54, 1.807) is 6.07 Å². The highest BCUT2D eigenvalue weighted by Crippen LogP contribution is 2.15. The molecule has 0 aliphatic rings. The summed E-state index contributed by atoms with van der Waals surface area (Å²) in [5, 5.41) is 18.5. The van der Waals surface area contributed by atoms with Crippen LogP contribution in [0.15, 0.2) is 29.2 Å². The first-order chi connectivity index (χ1) is 10.2. The van der Waals surface area contributed by atoms with Crippen molar-refractivity contribution >= 4 is 27.6 Å². The Balaban J connectivity index is 2.97. The third-order valence-electron chi connectivity index (χ3n) is 2.62. The highest BCUT2D eigenvalue weighted by atomic mass is 35.5. The molecule has 0 heterocycles. The minimum Gasteiger partial charge on any atom is -0.446 e. The van der Waals surface area contributed by atoms with Crippen LogP contribution in [0.25, 0.3) is 0 Å². The molecule has 0 saturated carbocycles. The smallest absolute Gasteiger partial charge is 0.328 e. The van der Waals surface area contributed by atoms with E-state index in [1.165, 1.54) is 38.1 Å². The molecule has 1 aromatic rings. The molecule has 22 heavy (non-hydrogen) atoms. The Morgan fingerprint density at radius 1 is 1.36 bits per heavy atom. The number of esters is 1. The highest BCUT2D eigenvalue weighted by molar-refractivity contribution is 7.89. The maximum Gasteiger partial charge on any atom is 0.328 e. The Morgan fingerprint density at radius 3 is 2.36 bits per heavy atom. The van der Waals surface area contributed by atoms with E-state index < -0.39 is 34.2 Å². The SMILES string of the molecule is C[C@H](C#N)OC(=O)[C@H](NS(=O)(=O)c1ccc(Cl)cc1)[C@@H](C)O. The summed E-state index contributed by atoms with van der Waals surface area (Å²) in [6.45, 7) is 2.55. The first kappa shape index (κ1) is 18.4. The minimum absolute atomic E-state index is 0.122. The number of aliphatic hydroxyl groups is 1. The van der Waals surface area contributed by atoms with Gasteiger partial charge in [0.15, 0.2) is 6.10 Å². The van der Waals surface area contributed by atoms with Crippen molar-refractivity contribution in [2.75, 3.05) is 0 Å². The van der Waals surface area contributed by atoms with Crippen molar-refractivity contribution in [1.82, 2.24) is 4.72 Å². The predicted molar refractivity (Wildman–Crippen MR) is 78.4 cm³/mol. The molecule has 9 heteroatoms. The summed E-state index contributed by atoms with van der Waals surface area (Å²) in [6, 6.07) is 5.41. The van der Waals surface area contributed by atoms with Gasteiger partial charge in [0.25, 0.3) is 0 Å². The number of ether oxygens (including phenoxy) is 1. The van der Waals surface area contributed by atoms with Gasteiger partial charge in [-0.3, -0.25) is 4.79 Å². The number of nitrogens with one attached hydrogen (secondary N) is 1. The molecule has 0 unspecified atom stereocenters. The Bertz CT molecular complexity index is 667. The van der Waals surface area contributed by atoms with Gasteiger partial charge in [0.05, 0.1) is 11.0 Å². The average Bonchev–Trinajstić information content (AvgIpc) is 2.44. The van der Waals surface area contributed by atoms with Gasteiger partial charge in [0.1, 0.15) is 12.1 Å². The largest absolute Gasteiger partial charge is 0.446 e. The zero-order chi connectivity index (χ0) is 16.9. The summed E-state index contributed by atoms with van der Waals surface area (Å²) in [5.41, 5.74) is 0. The van der Waals surface area contributed by atoms with E-state index in [2.05, 4.69) is 4.72 Å². The second-order valence-electron chi connectivity index (χ2n) is 4.50. The number of aliphatic hydroxyl groups excluding tert-OH is 1. The topological polar surface area (TPSA) is 116 Å². The number of hydrogen-bond acceptors (Lipinski definition) is 6. The summed E-state index contributed by atoms with van der Waals surface area (Å²) in [7, 11) is -4.06. The minimum atomic E-state index is -4.06. The molecular weight excluding hydrogens is 332 g/mol. The fourth-order valence-corrected chi connectivity index (χ4v) is 2.85. The quantitative estimate of drug-likeness (QED) is 0.737. The maximum atomic E-state index is 12.2. The van der Waals surface area contributed by atoms with Crippen LogP contribution in [0, 0.1) is 11.3 Å². The normalized spacial score (nSPS) is 15.4. The van der Waals surface area contributed by atoms with Crippen LogP contribution >= 0.6 is 11.6 Å². The molecule has 0 fully saturated rings. The van der Waals surface area contributed by atoms with E-state index in [-0.39, 0.29) is 4.90 Å². The van der Waals surface area contributed by atoms with Gasteiger partial charge < -0.3 is 9.84 Å². The van der Waals surface area contributed by atoms with E-state index in [1.807, 2.05) is 0 Å². The van der Waals surface area contributed by atoms with Crippen molar-refractivity contribution in [1.29, 1.82) is 5.26 Å². The molecule has 0 saturated heterocycles. The molecule has 0 bridgehead atoms. The molecule has 1 aromatic carbocycles. The monoisotopic (exact) mass is 346 g/mol. The molecule has 0 aliphatic carbocycles. The van der Waals surface area contributed by atoms with E-state index in [9.17, 15) is 18.3 Å². The van der Waals surface area contributed by atoms with Crippen LogP contribution in [0.4, 0.5) is 0 Å². The van der Waals surface area contributed by atoms with Gasteiger partial charge >= 0.3 is 5.97 Å². The summed E-state index contributed by atoms with van der Waals surface area (Å²) in [6.07, 6.45) is -2.41. The molecule has 0 spiro atoms. The second kappa shape index (κ2) is 7.56. The van der Waals surface area contributed by atoms with Crippen LogP contribution in [0.1, 0.15) is 13.8 Å². The number of sulfonamides is 1. The lowest BCUT2D eigenvalue weighted by molar-refractivity contribution is -0.150. The lowest BCUT2D eigenvalue weighted by atomic mass is 10.2. The number of nitriles is 1. The Hall–Kier alpha value is -1.66. The molecule has 7 nitrogen and oxygen atoms in total. The molecule has 0 aromatic heterocycles. The third kappa shape index (κ3) is 4.96. The van der Waals surface area contributed by atoms with Crippen molar-refractivity contribution in [2.45, 2.75) is 37.0 Å². The van der Waals surface area contributed by atoms with Gasteiger partial charge in [-0.1, -0.05) is 11.6 Å². The van der Waals surface area contributed by atoms with Crippen LogP contribution in [0.5, 0.6) is 0 Å². The zero-order valence-electron chi connectivity index (χ0n) is 11.9. The fourth-order valence-electron chi connectivity index (χ4n) is 1.47. The van der Waals surface area contributed by atoms with E-state index in [0.717, 1.165) is 0 Å². The fraction of sp³-hybridized carbons (Fsp3) is 0.385. The molecule has 0 radical (unpaired) electrons. The number of rotatable bonds is 6. The van der Waals surface area contributed by atoms with Crippen LogP contribution in [-0.2, 0) is 19.6 Å². The standard InChI is InChI=1S/C13H15ClN2O5S/c1-8(7-15)21-13(18)12(9(2)17)16-22(19,20)11-5-3-10(14)4-6-11/h3-6,8-9,12,16-17H,1-2H3/t8-,9-,12-/m1/s1. The molecular formula is C13H15ClN2O5S. The van der Waals surface area contributed by atoms with Crippen molar-refractivity contribution < 1.29 is 23.1 Å². The number of carbonyl (C=O) groups excluding carboxylic acids is 1. The van der Waals surface area contributed by atoms with Crippen molar-refractivity contribution in [3.63, 3.8) is 0 Å². The van der Waals surface area contributed by atoms with Crippen LogP contribution < -0.4 is 4.72 Å². The maximum absolute atomic E-state index is 12.2. The first-order valence-corrected chi connectivity index (χ1v) is 8.09. The lowest BCUT2D eigenvalue weighted by Crippen LogP contribution is -2.49. The highest BCUT2D eigenvalue weighted by Gasteiger charge is 2.31. The molecule has 3 atom stereocenters. The van der Waals surface area contributed by atoms with Crippen molar-refractivity contribution in [3.8, 4) is 6.07 Å². The van der Waals surface area contributed by atoms with Gasteiger partial charge in [-0.15, -0.1) is 0 Å². The van der Waals surface area contributed by atoms with Gasteiger partial charge in [-0.25, -0.2) is 8.42 Å². The molecule has 1 rings (SSSR count). The number of carbonyl (C=O) groups is 1. The van der Waals surface area contributed by atoms with Gasteiger partial charge in [0.2, 0.25) is 10.0 Å². The Kier molecular flexibility index (Phi) is 6.32. The number of nitrogens with zero attached hydrogens (tertiary/aromatic N) is 1. The van der Waals surface area contributed by atoms with E-state index in [4.69, 9.17) is 21.6 Å². The van der Waals surface area contributed by atoms with E-state index in [0.29, 0.717) is 5.02 Å². The van der Waals surface area contributed by atoms with Crippen LogP contribution in [0.3, 0.4) is 0 Å². The molecule has 2 N–H and O–H groups in total. The van der Waals surface area contributed by atoms with Crippen LogP contribution in [0.2, 0.25) is 5.02 Å². The van der Waals surface area contributed by atoms with Crippen LogP contribution in [-0.4, -0.2) is 37.7 Å². The predicted octanol–water partition coefficient (Wildman–Crippen LogP) is 0.823. The number of halogens is 1. The second-order valence-corrected chi connectivity index (χ2v) is 6.65. The first-order valence-electron chi connectivity index (χ1n) is 6.23. The van der Waals surface area contributed by atoms with Gasteiger partial charge in [0, 0.05) is 5.02 Å².